The third-order valence-corrected chi connectivity index (χ3v) is 3.44. The lowest BCUT2D eigenvalue weighted by molar-refractivity contribution is -0.139. The van der Waals surface area contributed by atoms with Crippen LogP contribution < -0.4 is 0 Å². The lowest BCUT2D eigenvalue weighted by Gasteiger charge is -2.14. The number of rotatable bonds is 2. The van der Waals surface area contributed by atoms with Crippen LogP contribution in [0.2, 0.25) is 0 Å². The van der Waals surface area contributed by atoms with Gasteiger partial charge in [0.1, 0.15) is 0 Å². The van der Waals surface area contributed by atoms with Crippen LogP contribution in [-0.4, -0.2) is 16.7 Å². The van der Waals surface area contributed by atoms with Crippen molar-refractivity contribution in [2.45, 2.75) is 19.9 Å². The summed E-state index contributed by atoms with van der Waals surface area (Å²) in [5.41, 5.74) is 0.996. The van der Waals surface area contributed by atoms with Crippen molar-refractivity contribution < 1.29 is 9.59 Å². The van der Waals surface area contributed by atoms with E-state index in [1.807, 2.05) is 24.3 Å². The van der Waals surface area contributed by atoms with Gasteiger partial charge in [0.05, 0.1) is 6.54 Å². The van der Waals surface area contributed by atoms with Gasteiger partial charge in [-0.05, 0) is 40.3 Å². The quantitative estimate of drug-likeness (QED) is 0.616. The minimum atomic E-state index is -0.156. The Morgan fingerprint density at radius 3 is 2.44 bits per heavy atom. The maximum Gasteiger partial charge on any atom is 0.232 e. The zero-order chi connectivity index (χ0) is 11.7. The van der Waals surface area contributed by atoms with Crippen molar-refractivity contribution in [1.29, 1.82) is 0 Å². The highest BCUT2D eigenvalue weighted by Crippen LogP contribution is 2.21. The molecule has 0 bridgehead atoms. The standard InChI is InChI=1S/C12H12INO2/c1-8-6-11(15)14(12(8)16)7-9-2-4-10(13)5-3-9/h2-5,8H,6-7H2,1H3. The number of carbonyl (C=O) groups excluding carboxylic acids is 2. The Labute approximate surface area is 108 Å². The number of hydrogen-bond donors (Lipinski definition) is 0. The van der Waals surface area contributed by atoms with Crippen molar-refractivity contribution in [3.63, 3.8) is 0 Å². The second-order valence-electron chi connectivity index (χ2n) is 4.05. The average molecular weight is 329 g/mol. The maximum atomic E-state index is 11.7. The fourth-order valence-electron chi connectivity index (χ4n) is 1.79. The Morgan fingerprint density at radius 1 is 1.31 bits per heavy atom. The van der Waals surface area contributed by atoms with Gasteiger partial charge in [0, 0.05) is 15.9 Å². The molecule has 1 heterocycles. The van der Waals surface area contributed by atoms with Crippen molar-refractivity contribution in [3.8, 4) is 0 Å². The fraction of sp³-hybridized carbons (Fsp3) is 0.333. The Bertz CT molecular complexity index is 427. The van der Waals surface area contributed by atoms with Gasteiger partial charge in [-0.2, -0.15) is 0 Å². The van der Waals surface area contributed by atoms with Crippen molar-refractivity contribution in [2.24, 2.45) is 5.92 Å². The zero-order valence-electron chi connectivity index (χ0n) is 8.94. The van der Waals surface area contributed by atoms with Crippen LogP contribution >= 0.6 is 22.6 Å². The third kappa shape index (κ3) is 2.26. The normalized spacial score (nSPS) is 20.6. The molecule has 0 N–H and O–H groups in total. The molecule has 1 atom stereocenters. The Balaban J connectivity index is 2.13. The van der Waals surface area contributed by atoms with Gasteiger partial charge in [-0.15, -0.1) is 0 Å². The highest BCUT2D eigenvalue weighted by atomic mass is 127. The predicted molar refractivity (Wildman–Crippen MR) is 68.5 cm³/mol. The van der Waals surface area contributed by atoms with Crippen LogP contribution in [-0.2, 0) is 16.1 Å². The molecule has 1 fully saturated rings. The topological polar surface area (TPSA) is 37.4 Å². The molecule has 1 aliphatic rings. The van der Waals surface area contributed by atoms with Crippen LogP contribution in [0.25, 0.3) is 0 Å². The monoisotopic (exact) mass is 329 g/mol. The maximum absolute atomic E-state index is 11.7. The fourth-order valence-corrected chi connectivity index (χ4v) is 2.15. The molecule has 2 rings (SSSR count). The second-order valence-corrected chi connectivity index (χ2v) is 5.30. The minimum Gasteiger partial charge on any atom is -0.278 e. The molecule has 1 unspecified atom stereocenters. The van der Waals surface area contributed by atoms with Crippen LogP contribution in [0.5, 0.6) is 0 Å². The summed E-state index contributed by atoms with van der Waals surface area (Å²) in [5, 5.41) is 0. The molecule has 16 heavy (non-hydrogen) atoms. The Kier molecular flexibility index (Phi) is 3.28. The number of hydrogen-bond acceptors (Lipinski definition) is 2. The summed E-state index contributed by atoms with van der Waals surface area (Å²) in [6.07, 6.45) is 0.350. The Morgan fingerprint density at radius 2 is 1.94 bits per heavy atom. The van der Waals surface area contributed by atoms with Gasteiger partial charge >= 0.3 is 0 Å². The molecule has 0 radical (unpaired) electrons. The van der Waals surface area contributed by atoms with E-state index in [2.05, 4.69) is 22.6 Å². The first-order valence-corrected chi connectivity index (χ1v) is 6.24. The first-order chi connectivity index (χ1) is 7.58. The van der Waals surface area contributed by atoms with Gasteiger partial charge < -0.3 is 0 Å². The molecular formula is C12H12INO2. The average Bonchev–Trinajstić information content (AvgIpc) is 2.48. The number of halogens is 1. The summed E-state index contributed by atoms with van der Waals surface area (Å²) in [7, 11) is 0. The molecule has 3 nitrogen and oxygen atoms in total. The van der Waals surface area contributed by atoms with E-state index in [9.17, 15) is 9.59 Å². The van der Waals surface area contributed by atoms with Crippen molar-refractivity contribution in [1.82, 2.24) is 4.90 Å². The van der Waals surface area contributed by atoms with Gasteiger partial charge in [-0.1, -0.05) is 19.1 Å². The highest BCUT2D eigenvalue weighted by Gasteiger charge is 2.35. The molecule has 1 saturated heterocycles. The van der Waals surface area contributed by atoms with Crippen LogP contribution in [0.15, 0.2) is 24.3 Å². The van der Waals surface area contributed by atoms with Crippen LogP contribution in [0.1, 0.15) is 18.9 Å². The second kappa shape index (κ2) is 4.53. The van der Waals surface area contributed by atoms with E-state index in [0.29, 0.717) is 13.0 Å². The number of nitrogens with zero attached hydrogens (tertiary/aromatic N) is 1. The molecule has 0 saturated carbocycles. The molecule has 84 valence electrons. The van der Waals surface area contributed by atoms with Gasteiger partial charge in [0.15, 0.2) is 0 Å². The highest BCUT2D eigenvalue weighted by molar-refractivity contribution is 14.1. The summed E-state index contributed by atoms with van der Waals surface area (Å²) in [6, 6.07) is 7.85. The number of likely N-dealkylation sites (tertiary alicyclic amines) is 1. The third-order valence-electron chi connectivity index (χ3n) is 2.72. The summed E-state index contributed by atoms with van der Waals surface area (Å²) in [5.74, 6) is -0.268. The van der Waals surface area contributed by atoms with E-state index >= 15 is 0 Å². The predicted octanol–water partition coefficient (Wildman–Crippen LogP) is 2.19. The van der Waals surface area contributed by atoms with E-state index in [4.69, 9.17) is 0 Å². The summed E-state index contributed by atoms with van der Waals surface area (Å²) < 4.78 is 1.15. The van der Waals surface area contributed by atoms with Crippen molar-refractivity contribution >= 4 is 34.4 Å². The molecule has 4 heteroatoms. The van der Waals surface area contributed by atoms with Crippen LogP contribution in [0.3, 0.4) is 0 Å². The SMILES string of the molecule is CC1CC(=O)N(Cc2ccc(I)cc2)C1=O. The molecule has 1 aromatic carbocycles. The molecular weight excluding hydrogens is 317 g/mol. The smallest absolute Gasteiger partial charge is 0.232 e. The van der Waals surface area contributed by atoms with E-state index < -0.39 is 0 Å². The molecule has 0 spiro atoms. The number of benzene rings is 1. The van der Waals surface area contributed by atoms with Gasteiger partial charge in [0.25, 0.3) is 0 Å². The molecule has 1 aliphatic heterocycles. The first kappa shape index (κ1) is 11.6. The lowest BCUT2D eigenvalue weighted by atomic mass is 10.1. The van der Waals surface area contributed by atoms with Gasteiger partial charge in [0.2, 0.25) is 11.8 Å². The Hall–Kier alpha value is -0.910. The zero-order valence-corrected chi connectivity index (χ0v) is 11.1. The summed E-state index contributed by atoms with van der Waals surface area (Å²) in [4.78, 5) is 24.6. The van der Waals surface area contributed by atoms with E-state index in [0.717, 1.165) is 9.13 Å². The van der Waals surface area contributed by atoms with Crippen LogP contribution in [0.4, 0.5) is 0 Å². The molecule has 2 amide bonds. The van der Waals surface area contributed by atoms with Crippen LogP contribution in [0, 0.1) is 9.49 Å². The van der Waals surface area contributed by atoms with Gasteiger partial charge in [-0.3, -0.25) is 14.5 Å². The minimum absolute atomic E-state index is 0.0523. The molecule has 1 aromatic rings. The van der Waals surface area contributed by atoms with Gasteiger partial charge in [-0.25, -0.2) is 0 Å². The lowest BCUT2D eigenvalue weighted by Crippen LogP contribution is -2.29. The summed E-state index contributed by atoms with van der Waals surface area (Å²) >= 11 is 2.23. The van der Waals surface area contributed by atoms with Crippen molar-refractivity contribution in [3.05, 3.63) is 33.4 Å². The van der Waals surface area contributed by atoms with E-state index in [-0.39, 0.29) is 17.7 Å². The number of imide groups is 1. The van der Waals surface area contributed by atoms with E-state index in [1.165, 1.54) is 4.90 Å². The summed E-state index contributed by atoms with van der Waals surface area (Å²) in [6.45, 7) is 2.20. The van der Waals surface area contributed by atoms with Crippen molar-refractivity contribution in [2.75, 3.05) is 0 Å². The number of carbonyl (C=O) groups is 2. The number of amides is 2. The first-order valence-electron chi connectivity index (χ1n) is 5.16. The largest absolute Gasteiger partial charge is 0.278 e. The molecule has 0 aromatic heterocycles. The molecule has 0 aliphatic carbocycles. The van der Waals surface area contributed by atoms with E-state index in [1.54, 1.807) is 6.92 Å².